The molecule has 3 heterocycles. The van der Waals surface area contributed by atoms with Crippen molar-refractivity contribution in [1.29, 1.82) is 0 Å². The van der Waals surface area contributed by atoms with Crippen molar-refractivity contribution < 1.29 is 5.11 Å². The van der Waals surface area contributed by atoms with E-state index in [4.69, 9.17) is 0 Å². The van der Waals surface area contributed by atoms with E-state index in [-0.39, 0.29) is 5.88 Å². The third-order valence-electron chi connectivity index (χ3n) is 2.90. The van der Waals surface area contributed by atoms with E-state index >= 15 is 0 Å². The summed E-state index contributed by atoms with van der Waals surface area (Å²) < 4.78 is 1.43. The van der Waals surface area contributed by atoms with E-state index in [0.29, 0.717) is 5.65 Å². The molecule has 0 aliphatic carbocycles. The molecule has 0 spiro atoms. The Balaban J connectivity index is 2.24. The largest absolute Gasteiger partial charge is 0.493 e. The number of fused-ring (bicyclic) bond motifs is 1. The number of aliphatic imine (C=N–C) groups is 1. The highest BCUT2D eigenvalue weighted by Gasteiger charge is 2.27. The molecule has 1 aliphatic rings. The first-order valence-electron chi connectivity index (χ1n) is 5.38. The lowest BCUT2D eigenvalue weighted by atomic mass is 10.0. The number of rotatable bonds is 1. The van der Waals surface area contributed by atoms with E-state index in [0.717, 1.165) is 11.4 Å². The van der Waals surface area contributed by atoms with E-state index < -0.39 is 5.54 Å². The summed E-state index contributed by atoms with van der Waals surface area (Å²) in [6.45, 7) is 3.81. The molecule has 1 unspecified atom stereocenters. The van der Waals surface area contributed by atoms with Gasteiger partial charge in [-0.25, -0.2) is 4.98 Å². The molecule has 0 saturated heterocycles. The molecule has 0 fully saturated rings. The normalized spacial score (nSPS) is 22.7. The van der Waals surface area contributed by atoms with Crippen molar-refractivity contribution in [2.75, 3.05) is 0 Å². The third-order valence-corrected chi connectivity index (χ3v) is 2.90. The maximum absolute atomic E-state index is 9.80. The van der Waals surface area contributed by atoms with E-state index in [1.165, 1.54) is 4.52 Å². The van der Waals surface area contributed by atoms with Crippen molar-refractivity contribution in [1.82, 2.24) is 14.6 Å². The summed E-state index contributed by atoms with van der Waals surface area (Å²) in [5.41, 5.74) is 1.72. The van der Waals surface area contributed by atoms with Crippen molar-refractivity contribution in [3.63, 3.8) is 0 Å². The van der Waals surface area contributed by atoms with Crippen molar-refractivity contribution >= 4 is 11.9 Å². The fourth-order valence-electron chi connectivity index (χ4n) is 1.95. The molecule has 86 valence electrons. The quantitative estimate of drug-likeness (QED) is 0.806. The second kappa shape index (κ2) is 3.16. The molecular formula is C12H12N4O. The van der Waals surface area contributed by atoms with Crippen molar-refractivity contribution in [2.24, 2.45) is 4.99 Å². The number of allylic oxidation sites excluding steroid dienone is 1. The standard InChI is InChI=1S/C12H12N4O/c1-8-6-11(17)16-10(14-8)7-9(15-16)12(2)4-3-5-13-12/h3-7,17H,1-2H3. The molecule has 2 aromatic heterocycles. The lowest BCUT2D eigenvalue weighted by Gasteiger charge is -2.14. The fraction of sp³-hybridized carbons (Fsp3) is 0.250. The van der Waals surface area contributed by atoms with Gasteiger partial charge in [0, 0.05) is 24.0 Å². The average Bonchev–Trinajstić information content (AvgIpc) is 2.84. The molecule has 5 heteroatoms. The average molecular weight is 228 g/mol. The monoisotopic (exact) mass is 228 g/mol. The van der Waals surface area contributed by atoms with Crippen LogP contribution in [0.5, 0.6) is 5.88 Å². The van der Waals surface area contributed by atoms with E-state index in [9.17, 15) is 5.11 Å². The predicted octanol–water partition coefficient (Wildman–Crippen LogP) is 1.60. The topological polar surface area (TPSA) is 62.8 Å². The van der Waals surface area contributed by atoms with E-state index in [1.807, 2.05) is 32.1 Å². The maximum Gasteiger partial charge on any atom is 0.215 e. The SMILES string of the molecule is Cc1cc(O)n2nc(C3(C)C=CC=N3)cc2n1. The minimum absolute atomic E-state index is 0.0910. The molecule has 1 atom stereocenters. The molecule has 0 bridgehead atoms. The van der Waals surface area contributed by atoms with Crippen LogP contribution in [0, 0.1) is 6.92 Å². The Morgan fingerprint density at radius 1 is 1.35 bits per heavy atom. The molecular weight excluding hydrogens is 216 g/mol. The van der Waals surface area contributed by atoms with E-state index in [1.54, 1.807) is 12.3 Å². The van der Waals surface area contributed by atoms with Crippen LogP contribution in [-0.2, 0) is 5.54 Å². The van der Waals surface area contributed by atoms with Crippen LogP contribution in [0.15, 0.2) is 29.3 Å². The Labute approximate surface area is 98.1 Å². The van der Waals surface area contributed by atoms with Gasteiger partial charge in [0.05, 0.1) is 5.69 Å². The molecule has 17 heavy (non-hydrogen) atoms. The summed E-state index contributed by atoms with van der Waals surface area (Å²) in [6, 6.07) is 3.43. The second-order valence-corrected chi connectivity index (χ2v) is 4.34. The summed E-state index contributed by atoms with van der Waals surface area (Å²) in [4.78, 5) is 8.69. The molecule has 1 N–H and O–H groups in total. The van der Waals surface area contributed by atoms with Crippen LogP contribution in [0.1, 0.15) is 18.3 Å². The van der Waals surface area contributed by atoms with Crippen molar-refractivity contribution in [3.05, 3.63) is 35.7 Å². The Morgan fingerprint density at radius 2 is 2.18 bits per heavy atom. The number of nitrogens with zero attached hydrogens (tertiary/aromatic N) is 4. The van der Waals surface area contributed by atoms with Crippen LogP contribution < -0.4 is 0 Å². The second-order valence-electron chi connectivity index (χ2n) is 4.34. The zero-order valence-electron chi connectivity index (χ0n) is 9.62. The lowest BCUT2D eigenvalue weighted by molar-refractivity contribution is 0.432. The van der Waals surface area contributed by atoms with Gasteiger partial charge in [-0.3, -0.25) is 4.99 Å². The highest BCUT2D eigenvalue weighted by molar-refractivity contribution is 5.75. The highest BCUT2D eigenvalue weighted by atomic mass is 16.3. The smallest absolute Gasteiger partial charge is 0.215 e. The summed E-state index contributed by atoms with van der Waals surface area (Å²) in [6.07, 6.45) is 5.61. The minimum atomic E-state index is -0.450. The molecule has 3 rings (SSSR count). The lowest BCUT2D eigenvalue weighted by Crippen LogP contribution is -2.14. The molecule has 0 amide bonds. The molecule has 1 aliphatic heterocycles. The van der Waals surface area contributed by atoms with Gasteiger partial charge in [-0.15, -0.1) is 0 Å². The van der Waals surface area contributed by atoms with Crippen LogP contribution in [0.4, 0.5) is 0 Å². The zero-order valence-corrected chi connectivity index (χ0v) is 9.62. The van der Waals surface area contributed by atoms with Crippen LogP contribution in [-0.4, -0.2) is 25.9 Å². The van der Waals surface area contributed by atoms with Crippen LogP contribution in [0.3, 0.4) is 0 Å². The Kier molecular flexibility index (Phi) is 1.86. The van der Waals surface area contributed by atoms with Gasteiger partial charge in [-0.05, 0) is 26.0 Å². The van der Waals surface area contributed by atoms with Gasteiger partial charge < -0.3 is 5.11 Å². The summed E-state index contributed by atoms with van der Waals surface area (Å²) in [5, 5.41) is 14.1. The maximum atomic E-state index is 9.80. The van der Waals surface area contributed by atoms with Gasteiger partial charge in [0.15, 0.2) is 5.65 Å². The van der Waals surface area contributed by atoms with Gasteiger partial charge in [0.2, 0.25) is 5.88 Å². The van der Waals surface area contributed by atoms with Crippen molar-refractivity contribution in [3.8, 4) is 5.88 Å². The highest BCUT2D eigenvalue weighted by Crippen LogP contribution is 2.29. The van der Waals surface area contributed by atoms with Gasteiger partial charge in [-0.2, -0.15) is 9.61 Å². The Bertz CT molecular complexity index is 642. The Morgan fingerprint density at radius 3 is 2.88 bits per heavy atom. The van der Waals surface area contributed by atoms with Crippen molar-refractivity contribution in [2.45, 2.75) is 19.4 Å². The number of aryl methyl sites for hydroxylation is 1. The third kappa shape index (κ3) is 1.43. The first kappa shape index (κ1) is 10.0. The first-order chi connectivity index (χ1) is 8.08. The molecule has 0 saturated carbocycles. The number of hydrogen-bond acceptors (Lipinski definition) is 4. The van der Waals surface area contributed by atoms with E-state index in [2.05, 4.69) is 15.1 Å². The van der Waals surface area contributed by atoms with Gasteiger partial charge in [0.1, 0.15) is 5.54 Å². The number of aromatic hydroxyl groups is 1. The summed E-state index contributed by atoms with van der Waals surface area (Å²) in [5.74, 6) is 0.0910. The summed E-state index contributed by atoms with van der Waals surface area (Å²) >= 11 is 0. The fourth-order valence-corrected chi connectivity index (χ4v) is 1.95. The molecule has 5 nitrogen and oxygen atoms in total. The van der Waals surface area contributed by atoms with Crippen LogP contribution >= 0.6 is 0 Å². The van der Waals surface area contributed by atoms with Crippen LogP contribution in [0.2, 0.25) is 0 Å². The predicted molar refractivity (Wildman–Crippen MR) is 64.4 cm³/mol. The molecule has 0 radical (unpaired) electrons. The number of aromatic nitrogens is 3. The van der Waals surface area contributed by atoms with Gasteiger partial charge in [0.25, 0.3) is 0 Å². The molecule has 2 aromatic rings. The Hall–Kier alpha value is -2.17. The first-order valence-corrected chi connectivity index (χ1v) is 5.38. The number of hydrogen-bond donors (Lipinski definition) is 1. The zero-order chi connectivity index (χ0) is 12.0. The van der Waals surface area contributed by atoms with Gasteiger partial charge >= 0.3 is 0 Å². The minimum Gasteiger partial charge on any atom is -0.493 e. The van der Waals surface area contributed by atoms with Gasteiger partial charge in [-0.1, -0.05) is 0 Å². The molecule has 0 aromatic carbocycles. The summed E-state index contributed by atoms with van der Waals surface area (Å²) in [7, 11) is 0. The van der Waals surface area contributed by atoms with Crippen LogP contribution in [0.25, 0.3) is 5.65 Å².